The van der Waals surface area contributed by atoms with E-state index in [-0.39, 0.29) is 28.4 Å². The van der Waals surface area contributed by atoms with Crippen LogP contribution in [0, 0.1) is 11.8 Å². The number of Topliss-reactive ketones (excluding diaryl/α,β-unsaturated/α-hetero) is 2. The number of halogens is 1. The van der Waals surface area contributed by atoms with Crippen LogP contribution in [-0.4, -0.2) is 111 Å². The molecule has 13 nitrogen and oxygen atoms in total. The second-order valence-electron chi connectivity index (χ2n) is 10.9. The predicted molar refractivity (Wildman–Crippen MR) is 143 cm³/mol. The van der Waals surface area contributed by atoms with Gasteiger partial charge in [0.25, 0.3) is 5.91 Å². The first-order valence-corrected chi connectivity index (χ1v) is 12.7. The molecule has 6 atom stereocenters. The van der Waals surface area contributed by atoms with Gasteiger partial charge in [0.05, 0.1) is 35.2 Å². The number of primary amides is 1. The quantitative estimate of drug-likeness (QED) is 0.177. The predicted octanol–water partition coefficient (Wildman–Crippen LogP) is -0.351. The van der Waals surface area contributed by atoms with E-state index in [1.807, 2.05) is 0 Å². The molecule has 0 saturated heterocycles. The number of nitrogens with two attached hydrogens (primary N) is 1. The van der Waals surface area contributed by atoms with E-state index >= 15 is 0 Å². The molecule has 0 aromatic heterocycles. The van der Waals surface area contributed by atoms with Crippen molar-refractivity contribution in [3.05, 3.63) is 39.1 Å². The lowest BCUT2D eigenvalue weighted by molar-refractivity contribution is -0.169. The average Bonchev–Trinajstić information content (AvgIpc) is 2.83. The highest BCUT2D eigenvalue weighted by Crippen LogP contribution is 2.57. The summed E-state index contributed by atoms with van der Waals surface area (Å²) in [5.74, 6) is -10.8. The molecule has 3 aliphatic rings. The van der Waals surface area contributed by atoms with Crippen LogP contribution in [-0.2, 0) is 19.2 Å². The van der Waals surface area contributed by atoms with E-state index in [1.165, 1.54) is 25.1 Å². The highest BCUT2D eigenvalue weighted by atomic mass is 35.5. The minimum absolute atomic E-state index is 0.0585. The molecular formula is C26H31ClN4O9. The van der Waals surface area contributed by atoms with Gasteiger partial charge in [0.15, 0.2) is 17.1 Å². The van der Waals surface area contributed by atoms with Gasteiger partial charge >= 0.3 is 0 Å². The van der Waals surface area contributed by atoms with Crippen molar-refractivity contribution in [2.24, 2.45) is 17.6 Å². The molecule has 0 spiro atoms. The van der Waals surface area contributed by atoms with Crippen LogP contribution in [0.3, 0.4) is 0 Å². The molecule has 0 aliphatic heterocycles. The number of aromatic hydroxyl groups is 1. The van der Waals surface area contributed by atoms with Crippen LogP contribution < -0.4 is 11.1 Å². The van der Waals surface area contributed by atoms with Crippen molar-refractivity contribution in [2.45, 2.75) is 30.6 Å². The molecule has 0 unspecified atom stereocenters. The Morgan fingerprint density at radius 1 is 1.15 bits per heavy atom. The van der Waals surface area contributed by atoms with E-state index in [9.17, 15) is 44.7 Å². The summed E-state index contributed by atoms with van der Waals surface area (Å²) in [7, 11) is 6.15. The zero-order valence-corrected chi connectivity index (χ0v) is 23.1. The maximum atomic E-state index is 14.0. The number of likely N-dealkylation sites (N-methyl/N-ethyl adjacent to an activating group) is 2. The Morgan fingerprint density at radius 3 is 2.27 bits per heavy atom. The molecule has 0 bridgehead atoms. The van der Waals surface area contributed by atoms with Crippen molar-refractivity contribution < 1.29 is 44.7 Å². The molecule has 8 N–H and O–H groups in total. The van der Waals surface area contributed by atoms with Crippen molar-refractivity contribution in [1.29, 1.82) is 0 Å². The van der Waals surface area contributed by atoms with Crippen LogP contribution >= 0.6 is 11.6 Å². The molecule has 0 heterocycles. The molecule has 1 saturated carbocycles. The first kappa shape index (κ1) is 29.5. The summed E-state index contributed by atoms with van der Waals surface area (Å²) in [6, 6.07) is -0.0823. The van der Waals surface area contributed by atoms with Crippen LogP contribution in [0.4, 0.5) is 5.69 Å². The summed E-state index contributed by atoms with van der Waals surface area (Å²) >= 11 is 6.39. The van der Waals surface area contributed by atoms with Crippen molar-refractivity contribution in [3.8, 4) is 5.75 Å². The zero-order valence-electron chi connectivity index (χ0n) is 22.4. The van der Waals surface area contributed by atoms with Crippen molar-refractivity contribution >= 4 is 46.4 Å². The maximum absolute atomic E-state index is 14.0. The van der Waals surface area contributed by atoms with Gasteiger partial charge in [-0.15, -0.1) is 0 Å². The van der Waals surface area contributed by atoms with Gasteiger partial charge in [-0.2, -0.15) is 0 Å². The van der Waals surface area contributed by atoms with E-state index in [4.69, 9.17) is 17.3 Å². The van der Waals surface area contributed by atoms with Gasteiger partial charge < -0.3 is 41.5 Å². The number of aliphatic hydroxyl groups is 4. The molecule has 0 radical (unpaired) electrons. The number of benzene rings is 1. The summed E-state index contributed by atoms with van der Waals surface area (Å²) in [5.41, 5.74) is 0.455. The molecule has 40 heavy (non-hydrogen) atoms. The number of nitrogens with zero attached hydrogens (tertiary/aromatic N) is 2. The van der Waals surface area contributed by atoms with Gasteiger partial charge in [-0.1, -0.05) is 18.5 Å². The third-order valence-electron chi connectivity index (χ3n) is 7.93. The lowest BCUT2D eigenvalue weighted by atomic mass is 9.54. The molecule has 2 amide bonds. The van der Waals surface area contributed by atoms with Gasteiger partial charge in [-0.05, 0) is 45.7 Å². The van der Waals surface area contributed by atoms with Gasteiger partial charge in [0.1, 0.15) is 22.8 Å². The number of fused-ring (bicyclic) bond motifs is 3. The van der Waals surface area contributed by atoms with E-state index in [2.05, 4.69) is 5.32 Å². The average molecular weight is 579 g/mol. The Bertz CT molecular complexity index is 1420. The summed E-state index contributed by atoms with van der Waals surface area (Å²) in [6.45, 7) is 1.52. The number of carbonyl (C=O) groups excluding carboxylic acids is 4. The fraction of sp³-hybridized carbons (Fsp3) is 0.462. The Balaban J connectivity index is 1.98. The largest absolute Gasteiger partial charge is 0.508 e. The molecule has 14 heteroatoms. The first-order valence-electron chi connectivity index (χ1n) is 12.3. The fourth-order valence-corrected chi connectivity index (χ4v) is 6.48. The SMILES string of the molecule is C[C@@H]1c2cc(Cl)c(NC(=O)CN(C)C)c(O)c2C(O)=C2C(=O)[C@@]3(O)C(O)=C(C(N)=O)C(=O)[C@H](N(C)C)[C@H]3[C@H](O)[C@H]21. The molecular weight excluding hydrogens is 548 g/mol. The monoisotopic (exact) mass is 578 g/mol. The highest BCUT2D eigenvalue weighted by molar-refractivity contribution is 6.34. The first-order chi connectivity index (χ1) is 18.5. The minimum atomic E-state index is -3.02. The van der Waals surface area contributed by atoms with E-state index in [1.54, 1.807) is 25.9 Å². The second-order valence-corrected chi connectivity index (χ2v) is 11.3. The lowest BCUT2D eigenvalue weighted by Gasteiger charge is -2.53. The number of carbonyl (C=O) groups is 4. The molecule has 1 aromatic rings. The Hall–Kier alpha value is -3.49. The number of anilines is 1. The Labute approximate surface area is 234 Å². The second kappa shape index (κ2) is 9.85. The van der Waals surface area contributed by atoms with Crippen molar-refractivity contribution in [1.82, 2.24) is 9.80 Å². The number of ketones is 2. The highest BCUT2D eigenvalue weighted by Gasteiger charge is 2.68. The third-order valence-corrected chi connectivity index (χ3v) is 8.23. The number of phenolic OH excluding ortho intramolecular Hbond substituents is 1. The third kappa shape index (κ3) is 3.99. The zero-order chi connectivity index (χ0) is 30.2. The molecule has 1 fully saturated rings. The number of rotatable bonds is 5. The summed E-state index contributed by atoms with van der Waals surface area (Å²) < 4.78 is 0. The Morgan fingerprint density at radius 2 is 1.75 bits per heavy atom. The molecule has 216 valence electrons. The summed E-state index contributed by atoms with van der Waals surface area (Å²) in [5, 5.41) is 59.2. The van der Waals surface area contributed by atoms with E-state index in [0.717, 1.165) is 0 Å². The molecule has 3 aliphatic carbocycles. The van der Waals surface area contributed by atoms with Crippen molar-refractivity contribution in [3.63, 3.8) is 0 Å². The number of hydrogen-bond donors (Lipinski definition) is 7. The van der Waals surface area contributed by atoms with Crippen LogP contribution in [0.5, 0.6) is 5.75 Å². The number of nitrogens with one attached hydrogen (secondary N) is 1. The smallest absolute Gasteiger partial charge is 0.255 e. The number of amides is 2. The summed E-state index contributed by atoms with van der Waals surface area (Å²) in [6.07, 6.45) is -1.73. The number of hydrogen-bond acceptors (Lipinski definition) is 11. The minimum Gasteiger partial charge on any atom is -0.508 e. The maximum Gasteiger partial charge on any atom is 0.255 e. The lowest BCUT2D eigenvalue weighted by Crippen LogP contribution is -2.70. The van der Waals surface area contributed by atoms with Crippen LogP contribution in [0.1, 0.15) is 24.0 Å². The van der Waals surface area contributed by atoms with E-state index < -0.39 is 87.3 Å². The normalized spacial score (nSPS) is 29.9. The van der Waals surface area contributed by atoms with Gasteiger partial charge in [0.2, 0.25) is 11.7 Å². The van der Waals surface area contributed by atoms with Crippen LogP contribution in [0.15, 0.2) is 23.0 Å². The van der Waals surface area contributed by atoms with Gasteiger partial charge in [-0.25, -0.2) is 0 Å². The fourth-order valence-electron chi connectivity index (χ4n) is 6.23. The Kier molecular flexibility index (Phi) is 7.27. The van der Waals surface area contributed by atoms with Gasteiger partial charge in [0, 0.05) is 11.5 Å². The number of aliphatic hydroxyl groups excluding tert-OH is 3. The summed E-state index contributed by atoms with van der Waals surface area (Å²) in [4.78, 5) is 54.6. The van der Waals surface area contributed by atoms with E-state index in [0.29, 0.717) is 0 Å². The standard InChI is InChI=1S/C26H31ClN4O9/c1-8-9-6-10(27)17(29-11(32)7-30(2)3)21(35)13(9)19(33)14-12(8)20(34)16-18(31(4)5)22(36)15(25(28)39)24(38)26(16,40)23(14)37/h6,8,12,16,18,20,33-35,38,40H,7H2,1-5H3,(H2,28,39)(H,29,32)/t8-,12+,16+,18-,20-,26-/m1/s1. The van der Waals surface area contributed by atoms with Crippen molar-refractivity contribution in [2.75, 3.05) is 40.1 Å². The van der Waals surface area contributed by atoms with Crippen LogP contribution in [0.25, 0.3) is 5.76 Å². The van der Waals surface area contributed by atoms with Crippen LogP contribution in [0.2, 0.25) is 5.02 Å². The molecule has 4 rings (SSSR count). The number of phenols is 1. The molecule has 1 aromatic carbocycles. The van der Waals surface area contributed by atoms with Gasteiger partial charge in [-0.3, -0.25) is 24.1 Å². The topological polar surface area (TPSA) is 214 Å².